The van der Waals surface area contributed by atoms with Gasteiger partial charge in [-0.05, 0) is 92.6 Å². The van der Waals surface area contributed by atoms with Crippen LogP contribution in [0.4, 0.5) is 21.0 Å². The monoisotopic (exact) mass is 652 g/mol. The van der Waals surface area contributed by atoms with Gasteiger partial charge in [0, 0.05) is 49.1 Å². The highest BCUT2D eigenvalue weighted by molar-refractivity contribution is 7.10. The lowest BCUT2D eigenvalue weighted by Crippen LogP contribution is -2.52. The van der Waals surface area contributed by atoms with Crippen molar-refractivity contribution in [1.29, 1.82) is 0 Å². The average molecular weight is 653 g/mol. The molecule has 4 aliphatic heterocycles. The molecule has 6 rings (SSSR count). The number of rotatable bonds is 6. The highest BCUT2D eigenvalue weighted by Crippen LogP contribution is 2.33. The van der Waals surface area contributed by atoms with Crippen molar-refractivity contribution in [1.82, 2.24) is 20.0 Å². The maximum absolute atomic E-state index is 14.0. The number of thiophene rings is 1. The first kappa shape index (κ1) is 31.5. The van der Waals surface area contributed by atoms with Crippen molar-refractivity contribution in [3.63, 3.8) is 0 Å². The summed E-state index contributed by atoms with van der Waals surface area (Å²) >= 11 is 8.00. The van der Waals surface area contributed by atoms with Crippen LogP contribution in [-0.4, -0.2) is 84.1 Å². The number of likely N-dealkylation sites (tertiary alicyclic amines) is 2. The number of anilines is 2. The van der Waals surface area contributed by atoms with Gasteiger partial charge in [-0.25, -0.2) is 9.59 Å². The number of nitrogens with two attached hydrogens (primary N) is 1. The van der Waals surface area contributed by atoms with E-state index in [1.54, 1.807) is 28.4 Å². The molecule has 4 amide bonds. The van der Waals surface area contributed by atoms with Gasteiger partial charge in [0.05, 0.1) is 22.9 Å². The van der Waals surface area contributed by atoms with E-state index in [1.807, 2.05) is 21.2 Å². The zero-order valence-corrected chi connectivity index (χ0v) is 27.0. The summed E-state index contributed by atoms with van der Waals surface area (Å²) in [5.41, 5.74) is 8.35. The van der Waals surface area contributed by atoms with Gasteiger partial charge in [-0.3, -0.25) is 4.79 Å². The van der Waals surface area contributed by atoms with Crippen molar-refractivity contribution in [2.45, 2.75) is 63.6 Å². The van der Waals surface area contributed by atoms with Crippen LogP contribution in [0.2, 0.25) is 5.02 Å². The lowest BCUT2D eigenvalue weighted by atomic mass is 9.79. The largest absolute Gasteiger partial charge is 0.436 e. The number of nitrogen functional groups attached to an aromatic ring is 1. The van der Waals surface area contributed by atoms with E-state index in [4.69, 9.17) is 28.5 Å². The van der Waals surface area contributed by atoms with Gasteiger partial charge < -0.3 is 35.8 Å². The number of carbonyl (C=O) groups is 3. The van der Waals surface area contributed by atoms with Gasteiger partial charge >= 0.3 is 12.1 Å². The molecule has 12 heteroatoms. The molecular formula is C33H41ClN6O4S. The molecule has 0 saturated carbocycles. The SMILES string of the molecule is C#Cc1cc(C[C@@H](OC(=O)N2CCC(N3Cc4sccc4NC3=O)CC2)C(=O)N2CCC(C3CCNCC3)CC2)cc(Cl)c1N. The number of carbonyl (C=O) groups excluding carboxylic acids is 3. The number of urea groups is 1. The van der Waals surface area contributed by atoms with E-state index in [0.29, 0.717) is 79.2 Å². The Morgan fingerprint density at radius 3 is 2.47 bits per heavy atom. The number of amides is 4. The van der Waals surface area contributed by atoms with Crippen LogP contribution in [0.3, 0.4) is 0 Å². The molecule has 1 aromatic heterocycles. The van der Waals surface area contributed by atoms with Gasteiger partial charge in [-0.15, -0.1) is 17.8 Å². The first-order chi connectivity index (χ1) is 21.8. The van der Waals surface area contributed by atoms with Crippen LogP contribution in [0, 0.1) is 24.2 Å². The molecule has 3 fully saturated rings. The molecule has 3 saturated heterocycles. The van der Waals surface area contributed by atoms with Crippen LogP contribution >= 0.6 is 22.9 Å². The summed E-state index contributed by atoms with van der Waals surface area (Å²) < 4.78 is 6.00. The van der Waals surface area contributed by atoms with Crippen LogP contribution < -0.4 is 16.4 Å². The van der Waals surface area contributed by atoms with E-state index in [0.717, 1.165) is 36.5 Å². The normalized spacial score (nSPS) is 20.7. The predicted molar refractivity (Wildman–Crippen MR) is 176 cm³/mol. The van der Waals surface area contributed by atoms with E-state index < -0.39 is 12.2 Å². The van der Waals surface area contributed by atoms with E-state index in [-0.39, 0.29) is 24.4 Å². The second kappa shape index (κ2) is 13.9. The van der Waals surface area contributed by atoms with Gasteiger partial charge in [-0.2, -0.15) is 0 Å². The molecule has 240 valence electrons. The molecule has 10 nitrogen and oxygen atoms in total. The van der Waals surface area contributed by atoms with Crippen LogP contribution in [0.1, 0.15) is 54.5 Å². The number of benzene rings is 1. The van der Waals surface area contributed by atoms with E-state index in [9.17, 15) is 14.4 Å². The Bertz CT molecular complexity index is 1450. The quantitative estimate of drug-likeness (QED) is 0.306. The predicted octanol–water partition coefficient (Wildman–Crippen LogP) is 4.76. The zero-order valence-electron chi connectivity index (χ0n) is 25.4. The number of hydrogen-bond acceptors (Lipinski definition) is 7. The van der Waals surface area contributed by atoms with Crippen molar-refractivity contribution < 1.29 is 19.1 Å². The molecule has 0 unspecified atom stereocenters. The first-order valence-corrected chi connectivity index (χ1v) is 17.2. The summed E-state index contributed by atoms with van der Waals surface area (Å²) in [5.74, 6) is 3.66. The third-order valence-corrected chi connectivity index (χ3v) is 11.1. The Kier molecular flexibility index (Phi) is 9.73. The molecule has 2 aromatic rings. The first-order valence-electron chi connectivity index (χ1n) is 15.9. The number of ether oxygens (including phenoxy) is 1. The molecule has 0 bridgehead atoms. The van der Waals surface area contributed by atoms with Crippen LogP contribution in [0.5, 0.6) is 0 Å². The number of nitrogens with zero attached hydrogens (tertiary/aromatic N) is 3. The number of halogens is 1. The molecule has 1 aromatic carbocycles. The minimum Gasteiger partial charge on any atom is -0.436 e. The molecule has 45 heavy (non-hydrogen) atoms. The Balaban J connectivity index is 1.11. The Morgan fingerprint density at radius 2 is 1.76 bits per heavy atom. The summed E-state index contributed by atoms with van der Waals surface area (Å²) in [5, 5.41) is 8.69. The average Bonchev–Trinajstić information content (AvgIpc) is 3.53. The topological polar surface area (TPSA) is 120 Å². The van der Waals surface area contributed by atoms with Crippen molar-refractivity contribution in [3.05, 3.63) is 44.6 Å². The van der Waals surface area contributed by atoms with E-state index >= 15 is 0 Å². The summed E-state index contributed by atoms with van der Waals surface area (Å²) in [6, 6.07) is 5.25. The highest BCUT2D eigenvalue weighted by atomic mass is 35.5. The lowest BCUT2D eigenvalue weighted by Gasteiger charge is -2.40. The fourth-order valence-electron chi connectivity index (χ4n) is 7.25. The molecule has 0 radical (unpaired) electrons. The van der Waals surface area contributed by atoms with E-state index in [2.05, 4.69) is 16.6 Å². The second-order valence-corrected chi connectivity index (χ2v) is 14.0. The van der Waals surface area contributed by atoms with Crippen molar-refractivity contribution in [2.24, 2.45) is 11.8 Å². The molecule has 5 heterocycles. The van der Waals surface area contributed by atoms with E-state index in [1.165, 1.54) is 12.8 Å². The third kappa shape index (κ3) is 7.03. The van der Waals surface area contributed by atoms with Crippen molar-refractivity contribution >= 4 is 52.3 Å². The second-order valence-electron chi connectivity index (χ2n) is 12.5. The van der Waals surface area contributed by atoms with Gasteiger partial charge in [0.15, 0.2) is 6.10 Å². The summed E-state index contributed by atoms with van der Waals surface area (Å²) in [7, 11) is 0. The van der Waals surface area contributed by atoms with Gasteiger partial charge in [0.1, 0.15) is 0 Å². The zero-order chi connectivity index (χ0) is 31.5. The van der Waals surface area contributed by atoms with Gasteiger partial charge in [-0.1, -0.05) is 17.5 Å². The standard InChI is InChI=1S/C33H41ClN6O4S/c1-2-22-17-21(18-26(34)30(22)35)19-28(31(41)38-12-5-24(6-13-38)23-3-10-36-11-4-23)44-33(43)39-14-7-25(8-15-39)40-20-29-27(9-16-45-29)37-32(40)42/h1,9,16-18,23-25,28,36H,3-8,10-15,19-20,35H2,(H,37,42)/t28-/m1/s1. The molecule has 4 N–H and O–H groups in total. The maximum Gasteiger partial charge on any atom is 0.410 e. The Hall–Kier alpha value is -3.46. The number of terminal acetylenes is 1. The minimum absolute atomic E-state index is 0.0158. The lowest BCUT2D eigenvalue weighted by molar-refractivity contribution is -0.142. The maximum atomic E-state index is 14.0. The fraction of sp³-hybridized carbons (Fsp3) is 0.545. The molecule has 1 atom stereocenters. The fourth-order valence-corrected chi connectivity index (χ4v) is 8.32. The van der Waals surface area contributed by atoms with Crippen molar-refractivity contribution in [3.8, 4) is 12.3 Å². The summed E-state index contributed by atoms with van der Waals surface area (Å²) in [6.07, 6.45) is 9.77. The third-order valence-electron chi connectivity index (χ3n) is 9.91. The van der Waals surface area contributed by atoms with Crippen LogP contribution in [-0.2, 0) is 22.5 Å². The number of piperidine rings is 3. The molecule has 0 spiro atoms. The molecule has 0 aliphatic carbocycles. The van der Waals surface area contributed by atoms with Gasteiger partial charge in [0.25, 0.3) is 5.91 Å². The minimum atomic E-state index is -1.03. The number of fused-ring (bicyclic) bond motifs is 1. The van der Waals surface area contributed by atoms with Crippen LogP contribution in [0.25, 0.3) is 0 Å². The Labute approximate surface area is 273 Å². The van der Waals surface area contributed by atoms with Crippen molar-refractivity contribution in [2.75, 3.05) is 50.3 Å². The number of nitrogens with one attached hydrogen (secondary N) is 2. The summed E-state index contributed by atoms with van der Waals surface area (Å²) in [6.45, 7) is 4.85. The van der Waals surface area contributed by atoms with Crippen LogP contribution in [0.15, 0.2) is 23.6 Å². The molecular weight excluding hydrogens is 612 g/mol. The molecule has 4 aliphatic rings. The highest BCUT2D eigenvalue weighted by Gasteiger charge is 2.37. The smallest absolute Gasteiger partial charge is 0.410 e. The Morgan fingerprint density at radius 1 is 1.07 bits per heavy atom. The summed E-state index contributed by atoms with van der Waals surface area (Å²) in [4.78, 5) is 46.7. The number of hydrogen-bond donors (Lipinski definition) is 3. The van der Waals surface area contributed by atoms with Gasteiger partial charge in [0.2, 0.25) is 0 Å².